The van der Waals surface area contributed by atoms with Gasteiger partial charge in [-0.05, 0) is 42.0 Å². The van der Waals surface area contributed by atoms with E-state index in [9.17, 15) is 14.0 Å². The Morgan fingerprint density at radius 2 is 1.90 bits per heavy atom. The van der Waals surface area contributed by atoms with E-state index in [2.05, 4.69) is 10.4 Å². The zero-order valence-corrected chi connectivity index (χ0v) is 17.2. The van der Waals surface area contributed by atoms with Crippen LogP contribution in [-0.4, -0.2) is 36.9 Å². The molecule has 3 N–H and O–H groups in total. The summed E-state index contributed by atoms with van der Waals surface area (Å²) >= 11 is 0. The van der Waals surface area contributed by atoms with Crippen LogP contribution in [0.1, 0.15) is 25.8 Å². The molecule has 1 atom stereocenters. The number of hydrazone groups is 1. The van der Waals surface area contributed by atoms with Crippen molar-refractivity contribution in [3.63, 3.8) is 0 Å². The van der Waals surface area contributed by atoms with Crippen molar-refractivity contribution in [2.75, 3.05) is 18.3 Å². The Morgan fingerprint density at radius 3 is 2.61 bits per heavy atom. The number of hydrogen-bond acceptors (Lipinski definition) is 6. The first-order chi connectivity index (χ1) is 14.7. The highest BCUT2D eigenvalue weighted by molar-refractivity contribution is 6.40. The summed E-state index contributed by atoms with van der Waals surface area (Å²) < 4.78 is 24.0. The zero-order chi connectivity index (χ0) is 22.2. The van der Waals surface area contributed by atoms with Crippen LogP contribution >= 0.6 is 0 Å². The van der Waals surface area contributed by atoms with Gasteiger partial charge in [0.1, 0.15) is 17.6 Å². The zero-order valence-electron chi connectivity index (χ0n) is 17.2. The number of hydrogen-bond donors (Lipinski definition) is 2. The first kappa shape index (κ1) is 20.6. The normalized spacial score (nSPS) is 17.5. The molecular weight excluding hydrogens is 403 g/mol. The molecular formula is C22H23FN4O4. The van der Waals surface area contributed by atoms with Gasteiger partial charge < -0.3 is 20.5 Å². The van der Waals surface area contributed by atoms with Crippen molar-refractivity contribution in [1.82, 2.24) is 5.32 Å². The molecule has 0 saturated carbocycles. The van der Waals surface area contributed by atoms with Crippen molar-refractivity contribution in [2.24, 2.45) is 10.8 Å². The van der Waals surface area contributed by atoms with E-state index in [-0.39, 0.29) is 24.8 Å². The van der Waals surface area contributed by atoms with Gasteiger partial charge in [-0.15, -0.1) is 0 Å². The van der Waals surface area contributed by atoms with E-state index < -0.39 is 23.2 Å². The second-order valence-corrected chi connectivity index (χ2v) is 8.12. The molecule has 2 aromatic carbocycles. The Bertz CT molecular complexity index is 1050. The average molecular weight is 426 g/mol. The van der Waals surface area contributed by atoms with Gasteiger partial charge in [0.25, 0.3) is 5.91 Å². The van der Waals surface area contributed by atoms with Crippen LogP contribution in [0, 0.1) is 5.82 Å². The smallest absolute Gasteiger partial charge is 0.267 e. The number of primary amides is 1. The molecule has 0 aromatic heterocycles. The molecule has 2 amide bonds. The fourth-order valence-electron chi connectivity index (χ4n) is 3.52. The molecule has 0 bridgehead atoms. The fourth-order valence-corrected chi connectivity index (χ4v) is 3.52. The Hall–Kier alpha value is -3.62. The molecule has 2 heterocycles. The Morgan fingerprint density at radius 1 is 1.19 bits per heavy atom. The summed E-state index contributed by atoms with van der Waals surface area (Å²) in [6.07, 6.45) is 0.0724. The number of rotatable bonds is 6. The lowest BCUT2D eigenvalue weighted by Gasteiger charge is -2.25. The summed E-state index contributed by atoms with van der Waals surface area (Å²) in [4.78, 5) is 24.7. The van der Waals surface area contributed by atoms with Crippen molar-refractivity contribution < 1.29 is 23.5 Å². The van der Waals surface area contributed by atoms with Gasteiger partial charge in [0.05, 0.1) is 5.69 Å². The van der Waals surface area contributed by atoms with Gasteiger partial charge in [0.15, 0.2) is 11.5 Å². The number of nitrogens with one attached hydrogen (secondary N) is 1. The lowest BCUT2D eigenvalue weighted by Crippen LogP contribution is -2.41. The van der Waals surface area contributed by atoms with E-state index in [0.29, 0.717) is 23.7 Å². The topological polar surface area (TPSA) is 106 Å². The highest BCUT2D eigenvalue weighted by atomic mass is 19.1. The first-order valence-electron chi connectivity index (χ1n) is 9.84. The summed E-state index contributed by atoms with van der Waals surface area (Å²) in [7, 11) is 0. The number of nitrogens with zero attached hydrogens (tertiary/aromatic N) is 2. The minimum absolute atomic E-state index is 0.0724. The molecule has 2 aliphatic rings. The molecule has 0 radical (unpaired) electrons. The molecule has 4 rings (SSSR count). The highest BCUT2D eigenvalue weighted by Crippen LogP contribution is 2.36. The summed E-state index contributed by atoms with van der Waals surface area (Å²) in [5.41, 5.74) is 6.76. The lowest BCUT2D eigenvalue weighted by atomic mass is 9.84. The molecule has 2 aliphatic heterocycles. The van der Waals surface area contributed by atoms with Crippen LogP contribution in [0.2, 0.25) is 0 Å². The number of fused-ring (bicyclic) bond motifs is 1. The number of ether oxygens (including phenoxy) is 2. The van der Waals surface area contributed by atoms with E-state index >= 15 is 0 Å². The van der Waals surface area contributed by atoms with Crippen LogP contribution in [0.5, 0.6) is 11.5 Å². The average Bonchev–Trinajstić information content (AvgIpc) is 3.39. The maximum absolute atomic E-state index is 13.2. The summed E-state index contributed by atoms with van der Waals surface area (Å²) in [6.45, 7) is 4.53. The quantitative estimate of drug-likeness (QED) is 0.736. The van der Waals surface area contributed by atoms with Crippen molar-refractivity contribution >= 4 is 23.2 Å². The van der Waals surface area contributed by atoms with E-state index in [1.807, 2.05) is 32.0 Å². The highest BCUT2D eigenvalue weighted by Gasteiger charge is 2.35. The number of benzene rings is 2. The standard InChI is InChI=1S/C22H23FN4O4/c1-22(2,13-3-8-18-19(9-13)31-12-30-18)11-25-21(29)16-10-17(20(24)28)27(26-16)15-6-4-14(23)5-7-15/h3-9,17H,10-12H2,1-2H3,(H2,24,28)(H,25,29). The van der Waals surface area contributed by atoms with Crippen LogP contribution in [-0.2, 0) is 15.0 Å². The third kappa shape index (κ3) is 4.16. The van der Waals surface area contributed by atoms with Crippen LogP contribution in [0.15, 0.2) is 47.6 Å². The van der Waals surface area contributed by atoms with Gasteiger partial charge in [-0.1, -0.05) is 19.9 Å². The minimum Gasteiger partial charge on any atom is -0.454 e. The van der Waals surface area contributed by atoms with Crippen LogP contribution in [0.3, 0.4) is 0 Å². The molecule has 8 nitrogen and oxygen atoms in total. The Kier molecular flexibility index (Phi) is 5.26. The Labute approximate surface area is 178 Å². The van der Waals surface area contributed by atoms with E-state index in [4.69, 9.17) is 15.2 Å². The molecule has 31 heavy (non-hydrogen) atoms. The number of anilines is 1. The molecule has 0 spiro atoms. The molecule has 2 aromatic rings. The van der Waals surface area contributed by atoms with Gasteiger partial charge >= 0.3 is 0 Å². The van der Waals surface area contributed by atoms with Gasteiger partial charge in [0.2, 0.25) is 12.7 Å². The van der Waals surface area contributed by atoms with Gasteiger partial charge in [-0.3, -0.25) is 14.6 Å². The predicted molar refractivity (Wildman–Crippen MR) is 113 cm³/mol. The molecule has 0 saturated heterocycles. The summed E-state index contributed by atoms with van der Waals surface area (Å²) in [6, 6.07) is 10.4. The third-order valence-corrected chi connectivity index (χ3v) is 5.44. The number of amides is 2. The van der Waals surface area contributed by atoms with Crippen LogP contribution < -0.4 is 25.5 Å². The first-order valence-corrected chi connectivity index (χ1v) is 9.84. The summed E-state index contributed by atoms with van der Waals surface area (Å²) in [5.74, 6) is -0.0360. The molecule has 0 fully saturated rings. The largest absolute Gasteiger partial charge is 0.454 e. The van der Waals surface area contributed by atoms with Crippen LogP contribution in [0.25, 0.3) is 0 Å². The van der Waals surface area contributed by atoms with Crippen molar-refractivity contribution in [1.29, 1.82) is 0 Å². The van der Waals surface area contributed by atoms with E-state index in [1.165, 1.54) is 29.3 Å². The number of carbonyl (C=O) groups excluding carboxylic acids is 2. The van der Waals surface area contributed by atoms with Crippen molar-refractivity contribution in [3.8, 4) is 11.5 Å². The number of nitrogens with two attached hydrogens (primary N) is 1. The maximum Gasteiger partial charge on any atom is 0.267 e. The van der Waals surface area contributed by atoms with E-state index in [1.54, 1.807) is 0 Å². The third-order valence-electron chi connectivity index (χ3n) is 5.44. The van der Waals surface area contributed by atoms with Gasteiger partial charge in [-0.25, -0.2) is 4.39 Å². The van der Waals surface area contributed by atoms with E-state index in [0.717, 1.165) is 5.56 Å². The second-order valence-electron chi connectivity index (χ2n) is 8.12. The molecule has 162 valence electrons. The predicted octanol–water partition coefficient (Wildman–Crippen LogP) is 2.07. The fraction of sp³-hybridized carbons (Fsp3) is 0.318. The molecule has 0 aliphatic carbocycles. The summed E-state index contributed by atoms with van der Waals surface area (Å²) in [5, 5.41) is 8.54. The number of halogens is 1. The lowest BCUT2D eigenvalue weighted by molar-refractivity contribution is -0.119. The van der Waals surface area contributed by atoms with Gasteiger partial charge in [-0.2, -0.15) is 5.10 Å². The van der Waals surface area contributed by atoms with Crippen LogP contribution in [0.4, 0.5) is 10.1 Å². The Balaban J connectivity index is 1.46. The van der Waals surface area contributed by atoms with Crippen molar-refractivity contribution in [2.45, 2.75) is 31.7 Å². The van der Waals surface area contributed by atoms with Crippen molar-refractivity contribution in [3.05, 3.63) is 53.8 Å². The van der Waals surface area contributed by atoms with Gasteiger partial charge in [0, 0.05) is 18.4 Å². The second kappa shape index (κ2) is 7.90. The molecule has 9 heteroatoms. The SMILES string of the molecule is CC(C)(CNC(=O)C1=NN(c2ccc(F)cc2)C(C(N)=O)C1)c1ccc2c(c1)OCO2. The monoisotopic (exact) mass is 426 g/mol. The minimum atomic E-state index is -0.812. The molecule has 1 unspecified atom stereocenters. The maximum atomic E-state index is 13.2. The number of carbonyl (C=O) groups is 2.